The topological polar surface area (TPSA) is 93.2 Å². The molecule has 2 aromatic rings. The number of aromatic nitrogens is 2. The van der Waals surface area contributed by atoms with Crippen LogP contribution in [0.1, 0.15) is 59.9 Å². The summed E-state index contributed by atoms with van der Waals surface area (Å²) in [7, 11) is 0. The minimum Gasteiger partial charge on any atom is -0.462 e. The van der Waals surface area contributed by atoms with E-state index >= 15 is 0 Å². The molecular formula is C22H26N4O3. The van der Waals surface area contributed by atoms with E-state index in [1.54, 1.807) is 37.4 Å². The van der Waals surface area contributed by atoms with Crippen LogP contribution >= 0.6 is 0 Å². The van der Waals surface area contributed by atoms with Crippen molar-refractivity contribution in [2.45, 2.75) is 39.0 Å². The normalized spacial score (nSPS) is 13.3. The number of carbonyl (C=O) groups excluding carboxylic acids is 2. The summed E-state index contributed by atoms with van der Waals surface area (Å²) >= 11 is 0. The largest absolute Gasteiger partial charge is 0.462 e. The lowest BCUT2D eigenvalue weighted by atomic mass is 9.97. The van der Waals surface area contributed by atoms with Crippen LogP contribution in [-0.4, -0.2) is 35.0 Å². The number of rotatable bonds is 8. The molecule has 7 nitrogen and oxygen atoms in total. The highest BCUT2D eigenvalue weighted by molar-refractivity contribution is 6.03. The molecule has 7 heteroatoms. The first-order valence-corrected chi connectivity index (χ1v) is 9.98. The first-order valence-electron chi connectivity index (χ1n) is 9.98. The van der Waals surface area contributed by atoms with Crippen LogP contribution in [0.2, 0.25) is 0 Å². The summed E-state index contributed by atoms with van der Waals surface area (Å²) in [6.07, 6.45) is 11.3. The van der Waals surface area contributed by atoms with E-state index in [1.807, 2.05) is 0 Å². The van der Waals surface area contributed by atoms with Gasteiger partial charge in [-0.25, -0.2) is 14.8 Å². The Morgan fingerprint density at radius 2 is 1.93 bits per heavy atom. The van der Waals surface area contributed by atoms with Crippen molar-refractivity contribution in [3.8, 4) is 0 Å². The molecule has 152 valence electrons. The quantitative estimate of drug-likeness (QED) is 0.515. The Bertz CT molecular complexity index is 861. The summed E-state index contributed by atoms with van der Waals surface area (Å²) in [5.41, 5.74) is 2.72. The number of ether oxygens (including phenoxy) is 1. The fraction of sp³-hybridized carbons (Fsp3) is 0.364. The molecule has 1 heterocycles. The fourth-order valence-electron chi connectivity index (χ4n) is 3.12. The molecule has 0 saturated heterocycles. The molecule has 0 atom stereocenters. The van der Waals surface area contributed by atoms with E-state index in [4.69, 9.17) is 4.74 Å². The van der Waals surface area contributed by atoms with Crippen molar-refractivity contribution in [2.75, 3.05) is 23.8 Å². The van der Waals surface area contributed by atoms with Crippen molar-refractivity contribution >= 4 is 23.4 Å². The highest BCUT2D eigenvalue weighted by Crippen LogP contribution is 2.20. The fourth-order valence-corrected chi connectivity index (χ4v) is 3.12. The third-order valence-electron chi connectivity index (χ3n) is 4.68. The van der Waals surface area contributed by atoms with E-state index in [1.165, 1.54) is 37.5 Å². The molecule has 2 N–H and O–H groups in total. The third kappa shape index (κ3) is 6.14. The van der Waals surface area contributed by atoms with Gasteiger partial charge < -0.3 is 15.4 Å². The molecule has 0 unspecified atom stereocenters. The van der Waals surface area contributed by atoms with Gasteiger partial charge in [0.1, 0.15) is 11.5 Å². The number of allylic oxidation sites excluding steroid dienone is 1. The second-order valence-corrected chi connectivity index (χ2v) is 6.82. The van der Waals surface area contributed by atoms with Crippen LogP contribution in [0.3, 0.4) is 0 Å². The lowest BCUT2D eigenvalue weighted by Crippen LogP contribution is -2.15. The lowest BCUT2D eigenvalue weighted by Gasteiger charge is -2.13. The van der Waals surface area contributed by atoms with Crippen molar-refractivity contribution in [1.29, 1.82) is 0 Å². The van der Waals surface area contributed by atoms with Crippen LogP contribution < -0.4 is 10.6 Å². The highest BCUT2D eigenvalue weighted by atomic mass is 16.5. The summed E-state index contributed by atoms with van der Waals surface area (Å²) in [5, 5.41) is 5.99. The zero-order valence-corrected chi connectivity index (χ0v) is 16.6. The Kier molecular flexibility index (Phi) is 7.33. The Balaban J connectivity index is 1.49. The average Bonchev–Trinajstić information content (AvgIpc) is 2.75. The van der Waals surface area contributed by atoms with Gasteiger partial charge in [0, 0.05) is 12.2 Å². The molecule has 0 spiro atoms. The van der Waals surface area contributed by atoms with E-state index in [-0.39, 0.29) is 17.6 Å². The molecule has 0 radical (unpaired) electrons. The highest BCUT2D eigenvalue weighted by Gasteiger charge is 2.10. The van der Waals surface area contributed by atoms with Gasteiger partial charge >= 0.3 is 5.97 Å². The van der Waals surface area contributed by atoms with Gasteiger partial charge in [0.15, 0.2) is 0 Å². The number of hydrogen-bond acceptors (Lipinski definition) is 6. The first-order chi connectivity index (χ1) is 14.2. The Morgan fingerprint density at radius 3 is 2.59 bits per heavy atom. The Labute approximate surface area is 170 Å². The number of esters is 1. The van der Waals surface area contributed by atoms with Gasteiger partial charge in [-0.05, 0) is 63.3 Å². The molecule has 1 aliphatic rings. The van der Waals surface area contributed by atoms with Crippen molar-refractivity contribution in [1.82, 2.24) is 9.97 Å². The minimum absolute atomic E-state index is 0.222. The molecule has 3 rings (SSSR count). The first kappa shape index (κ1) is 20.5. The zero-order chi connectivity index (χ0) is 20.5. The molecule has 29 heavy (non-hydrogen) atoms. The predicted molar refractivity (Wildman–Crippen MR) is 112 cm³/mol. The summed E-state index contributed by atoms with van der Waals surface area (Å²) in [5.74, 6) is -0.101. The van der Waals surface area contributed by atoms with Crippen LogP contribution in [0.15, 0.2) is 48.3 Å². The van der Waals surface area contributed by atoms with Gasteiger partial charge in [-0.3, -0.25) is 4.79 Å². The van der Waals surface area contributed by atoms with Gasteiger partial charge in [0.05, 0.1) is 24.6 Å². The van der Waals surface area contributed by atoms with Crippen LogP contribution in [0.25, 0.3) is 0 Å². The number of benzene rings is 1. The van der Waals surface area contributed by atoms with Crippen molar-refractivity contribution < 1.29 is 14.3 Å². The maximum absolute atomic E-state index is 12.3. The van der Waals surface area contributed by atoms with E-state index in [0.29, 0.717) is 23.7 Å². The minimum atomic E-state index is -0.390. The van der Waals surface area contributed by atoms with E-state index in [2.05, 4.69) is 26.7 Å². The number of hydrogen-bond donors (Lipinski definition) is 2. The maximum Gasteiger partial charge on any atom is 0.338 e. The number of carbonyl (C=O) groups is 2. The zero-order valence-electron chi connectivity index (χ0n) is 16.6. The second kappa shape index (κ2) is 10.4. The molecule has 0 aliphatic heterocycles. The number of amides is 1. The predicted octanol–water partition coefficient (Wildman–Crippen LogP) is 4.21. The monoisotopic (exact) mass is 394 g/mol. The summed E-state index contributed by atoms with van der Waals surface area (Å²) in [6.45, 7) is 2.88. The Hall–Kier alpha value is -3.22. The summed E-state index contributed by atoms with van der Waals surface area (Å²) in [4.78, 5) is 32.4. The maximum atomic E-state index is 12.3. The molecule has 0 bridgehead atoms. The van der Waals surface area contributed by atoms with E-state index in [9.17, 15) is 9.59 Å². The molecule has 1 amide bonds. The number of anilines is 2. The SMILES string of the molecule is CCOC(=O)c1ccc(NC(=O)c2cnc(NCCC3=CCCCC3)cn2)cc1. The molecule has 1 aliphatic carbocycles. The molecular weight excluding hydrogens is 368 g/mol. The van der Waals surface area contributed by atoms with Crippen LogP contribution in [0.4, 0.5) is 11.5 Å². The second-order valence-electron chi connectivity index (χ2n) is 6.82. The Morgan fingerprint density at radius 1 is 1.10 bits per heavy atom. The molecule has 0 fully saturated rings. The van der Waals surface area contributed by atoms with Crippen molar-refractivity contribution in [3.63, 3.8) is 0 Å². The van der Waals surface area contributed by atoms with Crippen molar-refractivity contribution in [3.05, 3.63) is 59.6 Å². The summed E-state index contributed by atoms with van der Waals surface area (Å²) < 4.78 is 4.94. The van der Waals surface area contributed by atoms with Gasteiger partial charge in [-0.2, -0.15) is 0 Å². The average molecular weight is 394 g/mol. The molecule has 1 aromatic heterocycles. The molecule has 0 saturated carbocycles. The van der Waals surface area contributed by atoms with Crippen molar-refractivity contribution in [2.24, 2.45) is 0 Å². The van der Waals surface area contributed by atoms with E-state index < -0.39 is 0 Å². The number of nitrogens with zero attached hydrogens (tertiary/aromatic N) is 2. The lowest BCUT2D eigenvalue weighted by molar-refractivity contribution is 0.0526. The van der Waals surface area contributed by atoms with Gasteiger partial charge in [-0.1, -0.05) is 11.6 Å². The van der Waals surface area contributed by atoms with E-state index in [0.717, 1.165) is 13.0 Å². The van der Waals surface area contributed by atoms with Gasteiger partial charge in [0.25, 0.3) is 5.91 Å². The molecule has 1 aromatic carbocycles. The van der Waals surface area contributed by atoms with Gasteiger partial charge in [-0.15, -0.1) is 0 Å². The standard InChI is InChI=1S/C22H26N4O3/c1-2-29-22(28)17-8-10-18(11-9-17)26-21(27)19-14-25-20(15-24-19)23-13-12-16-6-4-3-5-7-16/h6,8-11,14-15H,2-5,7,12-13H2,1H3,(H,23,25)(H,26,27). The van der Waals surface area contributed by atoms with Crippen LogP contribution in [0.5, 0.6) is 0 Å². The summed E-state index contributed by atoms with van der Waals surface area (Å²) in [6, 6.07) is 6.50. The number of nitrogens with one attached hydrogen (secondary N) is 2. The van der Waals surface area contributed by atoms with Crippen LogP contribution in [0, 0.1) is 0 Å². The smallest absolute Gasteiger partial charge is 0.338 e. The van der Waals surface area contributed by atoms with Gasteiger partial charge in [0.2, 0.25) is 0 Å². The third-order valence-corrected chi connectivity index (χ3v) is 4.68. The van der Waals surface area contributed by atoms with Crippen LogP contribution in [-0.2, 0) is 4.74 Å².